The van der Waals surface area contributed by atoms with Crippen LogP contribution < -0.4 is 15.4 Å². The van der Waals surface area contributed by atoms with E-state index in [1.165, 1.54) is 24.3 Å². The van der Waals surface area contributed by atoms with Crippen molar-refractivity contribution in [3.63, 3.8) is 0 Å². The summed E-state index contributed by atoms with van der Waals surface area (Å²) in [5.74, 6) is 0.0569. The maximum absolute atomic E-state index is 12.0. The average Bonchev–Trinajstić information content (AvgIpc) is 2.89. The lowest BCUT2D eigenvalue weighted by Gasteiger charge is -2.11. The molecule has 1 aliphatic heterocycles. The van der Waals surface area contributed by atoms with Gasteiger partial charge >= 0.3 is 6.36 Å². The average molecular weight is 339 g/mol. The van der Waals surface area contributed by atoms with Crippen molar-refractivity contribution in [3.05, 3.63) is 29.8 Å². The van der Waals surface area contributed by atoms with Crippen molar-refractivity contribution in [3.8, 4) is 5.75 Å². The Kier molecular flexibility index (Phi) is 6.96. The van der Waals surface area contributed by atoms with E-state index >= 15 is 0 Å². The number of halogens is 4. The van der Waals surface area contributed by atoms with Crippen molar-refractivity contribution in [2.45, 2.75) is 25.7 Å². The van der Waals surface area contributed by atoms with E-state index in [-0.39, 0.29) is 24.1 Å². The summed E-state index contributed by atoms with van der Waals surface area (Å²) >= 11 is 0. The number of carbonyl (C=O) groups is 1. The Morgan fingerprint density at radius 2 is 2.00 bits per heavy atom. The lowest BCUT2D eigenvalue weighted by atomic mass is 10.0. The minimum Gasteiger partial charge on any atom is -0.406 e. The zero-order valence-electron chi connectivity index (χ0n) is 11.8. The van der Waals surface area contributed by atoms with Gasteiger partial charge in [-0.05, 0) is 43.1 Å². The third-order valence-corrected chi connectivity index (χ3v) is 3.28. The third kappa shape index (κ3) is 6.53. The van der Waals surface area contributed by atoms with Crippen LogP contribution in [0.5, 0.6) is 5.75 Å². The fourth-order valence-electron chi connectivity index (χ4n) is 2.23. The van der Waals surface area contributed by atoms with Gasteiger partial charge in [0.2, 0.25) is 5.91 Å². The minimum absolute atomic E-state index is 0. The molecule has 2 rings (SSSR count). The topological polar surface area (TPSA) is 50.4 Å². The number of hydrogen-bond acceptors (Lipinski definition) is 3. The number of hydrogen-bond donors (Lipinski definition) is 2. The van der Waals surface area contributed by atoms with Crippen molar-refractivity contribution in [2.75, 3.05) is 13.1 Å². The predicted molar refractivity (Wildman–Crippen MR) is 77.8 cm³/mol. The number of amides is 1. The molecular weight excluding hydrogens is 321 g/mol. The summed E-state index contributed by atoms with van der Waals surface area (Å²) in [5.41, 5.74) is 0.724. The van der Waals surface area contributed by atoms with Gasteiger partial charge in [0, 0.05) is 13.0 Å². The standard InChI is InChI=1S/C14H17F3N2O2.ClH/c15-14(16,17)21-12-3-1-10(2-4-12)9-19-13(20)7-11-5-6-18-8-11;/h1-4,11,18H,5-9H2,(H,19,20);1H. The number of carbonyl (C=O) groups excluding carboxylic acids is 1. The molecule has 0 bridgehead atoms. The van der Waals surface area contributed by atoms with E-state index in [2.05, 4.69) is 15.4 Å². The Bertz CT molecular complexity index is 474. The first kappa shape index (κ1) is 18.6. The van der Waals surface area contributed by atoms with E-state index in [1.807, 2.05) is 0 Å². The second kappa shape index (κ2) is 8.24. The summed E-state index contributed by atoms with van der Waals surface area (Å²) in [6, 6.07) is 5.46. The van der Waals surface area contributed by atoms with Crippen LogP contribution >= 0.6 is 12.4 Å². The summed E-state index contributed by atoms with van der Waals surface area (Å²) in [5, 5.41) is 5.95. The van der Waals surface area contributed by atoms with Crippen molar-refractivity contribution in [1.29, 1.82) is 0 Å². The van der Waals surface area contributed by atoms with Gasteiger partial charge in [-0.25, -0.2) is 0 Å². The van der Waals surface area contributed by atoms with Crippen molar-refractivity contribution in [2.24, 2.45) is 5.92 Å². The summed E-state index contributed by atoms with van der Waals surface area (Å²) in [7, 11) is 0. The first-order valence-electron chi connectivity index (χ1n) is 6.74. The monoisotopic (exact) mass is 338 g/mol. The molecule has 1 atom stereocenters. The number of ether oxygens (including phenoxy) is 1. The molecule has 1 heterocycles. The maximum Gasteiger partial charge on any atom is 0.573 e. The molecule has 0 saturated carbocycles. The molecule has 22 heavy (non-hydrogen) atoms. The molecule has 0 radical (unpaired) electrons. The lowest BCUT2D eigenvalue weighted by molar-refractivity contribution is -0.274. The number of rotatable bonds is 5. The van der Waals surface area contributed by atoms with E-state index in [0.717, 1.165) is 25.1 Å². The molecule has 1 aromatic rings. The molecule has 1 fully saturated rings. The highest BCUT2D eigenvalue weighted by atomic mass is 35.5. The van der Waals surface area contributed by atoms with Crippen LogP contribution in [0.3, 0.4) is 0 Å². The van der Waals surface area contributed by atoms with Crippen LogP contribution in [0.2, 0.25) is 0 Å². The van der Waals surface area contributed by atoms with Gasteiger partial charge in [-0.1, -0.05) is 12.1 Å². The Labute approximate surface area is 132 Å². The van der Waals surface area contributed by atoms with E-state index in [9.17, 15) is 18.0 Å². The second-order valence-electron chi connectivity index (χ2n) is 5.03. The Morgan fingerprint density at radius 1 is 1.32 bits per heavy atom. The molecule has 1 aromatic carbocycles. The summed E-state index contributed by atoms with van der Waals surface area (Å²) in [4.78, 5) is 11.7. The quantitative estimate of drug-likeness (QED) is 0.867. The van der Waals surface area contributed by atoms with Crippen LogP contribution in [-0.2, 0) is 11.3 Å². The molecule has 124 valence electrons. The van der Waals surface area contributed by atoms with Gasteiger partial charge < -0.3 is 15.4 Å². The van der Waals surface area contributed by atoms with Gasteiger partial charge in [0.15, 0.2) is 0 Å². The van der Waals surface area contributed by atoms with Crippen LogP contribution in [0, 0.1) is 5.92 Å². The van der Waals surface area contributed by atoms with Crippen LogP contribution in [0.15, 0.2) is 24.3 Å². The van der Waals surface area contributed by atoms with E-state index < -0.39 is 6.36 Å². The third-order valence-electron chi connectivity index (χ3n) is 3.28. The maximum atomic E-state index is 12.0. The van der Waals surface area contributed by atoms with Crippen LogP contribution in [0.1, 0.15) is 18.4 Å². The van der Waals surface area contributed by atoms with Gasteiger partial charge in [0.25, 0.3) is 0 Å². The fourth-order valence-corrected chi connectivity index (χ4v) is 2.23. The normalized spacial score (nSPS) is 17.7. The lowest BCUT2D eigenvalue weighted by Crippen LogP contribution is -2.25. The Morgan fingerprint density at radius 3 is 2.55 bits per heavy atom. The smallest absolute Gasteiger partial charge is 0.406 e. The predicted octanol–water partition coefficient (Wildman–Crippen LogP) is 2.62. The minimum atomic E-state index is -4.69. The molecule has 2 N–H and O–H groups in total. The molecule has 0 aromatic heterocycles. The Balaban J connectivity index is 0.00000242. The zero-order valence-corrected chi connectivity index (χ0v) is 12.6. The summed E-state index contributed by atoms with van der Waals surface area (Å²) in [6.07, 6.45) is -3.22. The van der Waals surface area contributed by atoms with Gasteiger partial charge in [-0.15, -0.1) is 25.6 Å². The molecule has 1 unspecified atom stereocenters. The van der Waals surface area contributed by atoms with Crippen LogP contribution in [0.4, 0.5) is 13.2 Å². The molecule has 0 spiro atoms. The second-order valence-corrected chi connectivity index (χ2v) is 5.03. The molecule has 8 heteroatoms. The summed E-state index contributed by atoms with van der Waals surface area (Å²) < 4.78 is 39.8. The van der Waals surface area contributed by atoms with Crippen molar-refractivity contribution < 1.29 is 22.7 Å². The van der Waals surface area contributed by atoms with Crippen LogP contribution in [-0.4, -0.2) is 25.4 Å². The first-order chi connectivity index (χ1) is 9.92. The Hall–Kier alpha value is -1.47. The zero-order chi connectivity index (χ0) is 15.3. The van der Waals surface area contributed by atoms with E-state index in [1.54, 1.807) is 0 Å². The number of nitrogens with one attached hydrogen (secondary N) is 2. The number of alkyl halides is 3. The molecule has 4 nitrogen and oxygen atoms in total. The highest BCUT2D eigenvalue weighted by molar-refractivity contribution is 5.85. The van der Waals surface area contributed by atoms with E-state index in [4.69, 9.17) is 0 Å². The highest BCUT2D eigenvalue weighted by Gasteiger charge is 2.30. The molecular formula is C14H18ClF3N2O2. The SMILES string of the molecule is Cl.O=C(CC1CCNC1)NCc1ccc(OC(F)(F)F)cc1. The van der Waals surface area contributed by atoms with Crippen molar-refractivity contribution >= 4 is 18.3 Å². The van der Waals surface area contributed by atoms with E-state index in [0.29, 0.717) is 18.9 Å². The van der Waals surface area contributed by atoms with Gasteiger partial charge in [-0.3, -0.25) is 4.79 Å². The van der Waals surface area contributed by atoms with Gasteiger partial charge in [0.05, 0.1) is 0 Å². The molecule has 1 amide bonds. The van der Waals surface area contributed by atoms with Gasteiger partial charge in [0.1, 0.15) is 5.75 Å². The largest absolute Gasteiger partial charge is 0.573 e. The van der Waals surface area contributed by atoms with Gasteiger partial charge in [-0.2, -0.15) is 0 Å². The summed E-state index contributed by atoms with van der Waals surface area (Å²) in [6.45, 7) is 2.10. The molecule has 1 saturated heterocycles. The molecule has 0 aliphatic carbocycles. The molecule has 1 aliphatic rings. The van der Waals surface area contributed by atoms with Crippen LogP contribution in [0.25, 0.3) is 0 Å². The van der Waals surface area contributed by atoms with Crippen molar-refractivity contribution in [1.82, 2.24) is 10.6 Å². The highest BCUT2D eigenvalue weighted by Crippen LogP contribution is 2.22. The first-order valence-corrected chi connectivity index (χ1v) is 6.74. The fraction of sp³-hybridized carbons (Fsp3) is 0.500. The number of benzene rings is 1.